The van der Waals surface area contributed by atoms with Crippen LogP contribution in [-0.4, -0.2) is 11.7 Å². The molecule has 0 radical (unpaired) electrons. The van der Waals surface area contributed by atoms with Gasteiger partial charge in [0.25, 0.3) is 0 Å². The highest BCUT2D eigenvalue weighted by atomic mass is 16.1. The molecule has 1 saturated carbocycles. The summed E-state index contributed by atoms with van der Waals surface area (Å²) in [7, 11) is 0. The van der Waals surface area contributed by atoms with Crippen LogP contribution in [0.3, 0.4) is 0 Å². The lowest BCUT2D eigenvalue weighted by molar-refractivity contribution is -0.137. The van der Waals surface area contributed by atoms with E-state index in [1.54, 1.807) is 6.08 Å². The average Bonchev–Trinajstić information content (AvgIpc) is 2.96. The van der Waals surface area contributed by atoms with Gasteiger partial charge in [-0.25, -0.2) is 0 Å². The molecule has 0 aromatic heterocycles. The summed E-state index contributed by atoms with van der Waals surface area (Å²) in [6, 6.07) is 0. The van der Waals surface area contributed by atoms with Crippen molar-refractivity contribution < 1.29 is 9.59 Å². The Balaban J connectivity index is 2.92. The summed E-state index contributed by atoms with van der Waals surface area (Å²) in [5.74, 6) is 0.353. The summed E-state index contributed by atoms with van der Waals surface area (Å²) in [6.45, 7) is 11.6. The molecule has 0 saturated heterocycles. The maximum Gasteiger partial charge on any atom is 0.221 e. The first-order chi connectivity index (χ1) is 8.68. The Hall–Kier alpha value is -1.12. The number of ketones is 1. The van der Waals surface area contributed by atoms with Crippen molar-refractivity contribution >= 4 is 11.7 Å². The zero-order valence-corrected chi connectivity index (χ0v) is 12.6. The van der Waals surface area contributed by atoms with Crippen LogP contribution in [0.5, 0.6) is 0 Å². The minimum absolute atomic E-state index is 0.150. The monoisotopic (exact) mass is 265 g/mol. The molecule has 1 amide bonds. The van der Waals surface area contributed by atoms with Crippen LogP contribution in [0.1, 0.15) is 47.0 Å². The highest BCUT2D eigenvalue weighted by Crippen LogP contribution is 2.45. The number of hydrogen-bond acceptors (Lipinski definition) is 2. The molecule has 1 aliphatic carbocycles. The maximum atomic E-state index is 12.6. The van der Waals surface area contributed by atoms with Gasteiger partial charge in [-0.15, -0.1) is 6.58 Å². The molecule has 108 valence electrons. The molecule has 0 aromatic rings. The second kappa shape index (κ2) is 5.89. The van der Waals surface area contributed by atoms with Crippen LogP contribution in [0.25, 0.3) is 0 Å². The van der Waals surface area contributed by atoms with Gasteiger partial charge in [0.15, 0.2) is 0 Å². The number of carbonyl (C=O) groups excluding carboxylic acids is 2. The third-order valence-corrected chi connectivity index (χ3v) is 4.18. The Bertz CT molecular complexity index is 367. The summed E-state index contributed by atoms with van der Waals surface area (Å²) in [5, 5.41) is 0. The first-order valence-corrected chi connectivity index (χ1v) is 7.13. The fraction of sp³-hybridized carbons (Fsp3) is 0.750. The number of hydrogen-bond donors (Lipinski definition) is 1. The summed E-state index contributed by atoms with van der Waals surface area (Å²) < 4.78 is 0. The number of amides is 1. The van der Waals surface area contributed by atoms with Gasteiger partial charge in [-0.1, -0.05) is 33.8 Å². The van der Waals surface area contributed by atoms with E-state index in [9.17, 15) is 9.59 Å². The molecule has 3 nitrogen and oxygen atoms in total. The minimum Gasteiger partial charge on any atom is -0.369 e. The van der Waals surface area contributed by atoms with Gasteiger partial charge in [0.2, 0.25) is 5.91 Å². The van der Waals surface area contributed by atoms with Gasteiger partial charge < -0.3 is 5.73 Å². The number of rotatable bonds is 7. The van der Waals surface area contributed by atoms with E-state index in [-0.39, 0.29) is 17.6 Å². The smallest absolute Gasteiger partial charge is 0.221 e. The van der Waals surface area contributed by atoms with E-state index in [0.717, 1.165) is 12.8 Å². The SMILES string of the molecule is C=CC[C@H](C(N)=O)[C@@H](CC1CC1C)C(=O)C(C)(C)C. The van der Waals surface area contributed by atoms with E-state index in [0.29, 0.717) is 18.3 Å². The van der Waals surface area contributed by atoms with E-state index in [4.69, 9.17) is 5.73 Å². The van der Waals surface area contributed by atoms with Gasteiger partial charge >= 0.3 is 0 Å². The number of Topliss-reactive ketones (excluding diaryl/α,β-unsaturated/α-hetero) is 1. The zero-order valence-electron chi connectivity index (χ0n) is 12.6. The molecule has 2 N–H and O–H groups in total. The third kappa shape index (κ3) is 4.19. The van der Waals surface area contributed by atoms with Gasteiger partial charge in [0, 0.05) is 11.3 Å². The fourth-order valence-electron chi connectivity index (χ4n) is 2.72. The third-order valence-electron chi connectivity index (χ3n) is 4.18. The number of allylic oxidation sites excluding steroid dienone is 1. The van der Waals surface area contributed by atoms with Crippen molar-refractivity contribution in [2.45, 2.75) is 47.0 Å². The molecule has 1 fully saturated rings. The van der Waals surface area contributed by atoms with Crippen molar-refractivity contribution in [3.05, 3.63) is 12.7 Å². The molecular formula is C16H27NO2. The summed E-state index contributed by atoms with van der Waals surface area (Å²) in [4.78, 5) is 24.3. The zero-order chi connectivity index (χ0) is 14.8. The van der Waals surface area contributed by atoms with Crippen LogP contribution in [0.2, 0.25) is 0 Å². The summed E-state index contributed by atoms with van der Waals surface area (Å²) >= 11 is 0. The maximum absolute atomic E-state index is 12.6. The van der Waals surface area contributed by atoms with E-state index in [1.807, 2.05) is 20.8 Å². The molecule has 2 unspecified atom stereocenters. The Morgan fingerprint density at radius 2 is 1.89 bits per heavy atom. The molecular weight excluding hydrogens is 238 g/mol. The van der Waals surface area contributed by atoms with E-state index < -0.39 is 11.3 Å². The quantitative estimate of drug-likeness (QED) is 0.719. The first-order valence-electron chi connectivity index (χ1n) is 7.13. The average molecular weight is 265 g/mol. The van der Waals surface area contributed by atoms with Crippen LogP contribution < -0.4 is 5.73 Å². The Morgan fingerprint density at radius 3 is 2.21 bits per heavy atom. The molecule has 0 aliphatic heterocycles. The van der Waals surface area contributed by atoms with Crippen molar-refractivity contribution in [3.63, 3.8) is 0 Å². The molecule has 19 heavy (non-hydrogen) atoms. The molecule has 1 aliphatic rings. The highest BCUT2D eigenvalue weighted by molar-refractivity contribution is 5.91. The Morgan fingerprint density at radius 1 is 1.37 bits per heavy atom. The predicted octanol–water partition coefficient (Wildman–Crippen LogP) is 2.94. The fourth-order valence-corrected chi connectivity index (χ4v) is 2.72. The summed E-state index contributed by atoms with van der Waals surface area (Å²) in [6.07, 6.45) is 4.13. The predicted molar refractivity (Wildman–Crippen MR) is 77.3 cm³/mol. The number of nitrogens with two attached hydrogens (primary N) is 1. The number of carbonyl (C=O) groups is 2. The second-order valence-electron chi connectivity index (χ2n) is 6.96. The first kappa shape index (κ1) is 15.9. The van der Waals surface area contributed by atoms with Gasteiger partial charge in [0.1, 0.15) is 5.78 Å². The molecule has 0 spiro atoms. The van der Waals surface area contributed by atoms with Crippen LogP contribution in [0, 0.1) is 29.1 Å². The van der Waals surface area contributed by atoms with Gasteiger partial charge in [0.05, 0.1) is 5.92 Å². The van der Waals surface area contributed by atoms with Crippen molar-refractivity contribution in [1.82, 2.24) is 0 Å². The highest BCUT2D eigenvalue weighted by Gasteiger charge is 2.43. The van der Waals surface area contributed by atoms with Crippen molar-refractivity contribution in [2.75, 3.05) is 0 Å². The van der Waals surface area contributed by atoms with Crippen LogP contribution in [0.4, 0.5) is 0 Å². The van der Waals surface area contributed by atoms with Gasteiger partial charge in [-0.3, -0.25) is 9.59 Å². The lowest BCUT2D eigenvalue weighted by Crippen LogP contribution is -2.39. The normalized spacial score (nSPS) is 25.5. The van der Waals surface area contributed by atoms with Crippen molar-refractivity contribution in [1.29, 1.82) is 0 Å². The van der Waals surface area contributed by atoms with Crippen LogP contribution in [0.15, 0.2) is 12.7 Å². The molecule has 3 heteroatoms. The molecule has 0 bridgehead atoms. The van der Waals surface area contributed by atoms with Crippen molar-refractivity contribution in [3.8, 4) is 0 Å². The molecule has 0 aromatic carbocycles. The molecule has 4 atom stereocenters. The second-order valence-corrected chi connectivity index (χ2v) is 6.96. The Kier molecular flexibility index (Phi) is 4.94. The standard InChI is InChI=1S/C16H27NO2/c1-6-7-12(15(17)19)13(9-11-8-10(11)2)14(18)16(3,4)5/h6,10-13H,1,7-9H2,2-5H3,(H2,17,19)/t10?,11?,12-,13+/m0/s1. The van der Waals surface area contributed by atoms with Crippen LogP contribution in [-0.2, 0) is 9.59 Å². The largest absolute Gasteiger partial charge is 0.369 e. The lowest BCUT2D eigenvalue weighted by atomic mass is 9.73. The van der Waals surface area contributed by atoms with E-state index in [1.165, 1.54) is 0 Å². The van der Waals surface area contributed by atoms with E-state index >= 15 is 0 Å². The van der Waals surface area contributed by atoms with Gasteiger partial charge in [-0.2, -0.15) is 0 Å². The van der Waals surface area contributed by atoms with Crippen molar-refractivity contribution in [2.24, 2.45) is 34.8 Å². The lowest BCUT2D eigenvalue weighted by Gasteiger charge is -2.29. The van der Waals surface area contributed by atoms with Crippen LogP contribution >= 0.6 is 0 Å². The summed E-state index contributed by atoms with van der Waals surface area (Å²) in [5.41, 5.74) is 5.06. The topological polar surface area (TPSA) is 60.2 Å². The number of primary amides is 1. The van der Waals surface area contributed by atoms with E-state index in [2.05, 4.69) is 13.5 Å². The molecule has 0 heterocycles. The Labute approximate surface area is 116 Å². The van der Waals surface area contributed by atoms with Gasteiger partial charge in [-0.05, 0) is 31.1 Å². The minimum atomic E-state index is -0.433. The molecule has 1 rings (SSSR count).